The molecule has 0 aromatic carbocycles. The van der Waals surface area contributed by atoms with E-state index in [2.05, 4.69) is 4.98 Å². The first kappa shape index (κ1) is 6.90. The van der Waals surface area contributed by atoms with Crippen LogP contribution in [0.25, 0.3) is 0 Å². The van der Waals surface area contributed by atoms with Crippen molar-refractivity contribution in [3.05, 3.63) is 20.5 Å². The lowest BCUT2D eigenvalue weighted by Gasteiger charge is -1.76. The van der Waals surface area contributed by atoms with Crippen LogP contribution in [0.2, 0.25) is 5.02 Å². The largest absolute Gasteiger partial charge is 0.341 e. The SMILES string of the molecule is N#Cc1cc(Cl)c(I)[nH]1. The van der Waals surface area contributed by atoms with Crippen LogP contribution in [0.4, 0.5) is 0 Å². The van der Waals surface area contributed by atoms with Crippen molar-refractivity contribution in [2.45, 2.75) is 0 Å². The van der Waals surface area contributed by atoms with Gasteiger partial charge in [0.2, 0.25) is 0 Å². The minimum Gasteiger partial charge on any atom is -0.341 e. The van der Waals surface area contributed by atoms with Gasteiger partial charge in [0.05, 0.1) is 8.72 Å². The van der Waals surface area contributed by atoms with E-state index in [4.69, 9.17) is 16.9 Å². The van der Waals surface area contributed by atoms with E-state index in [1.54, 1.807) is 6.07 Å². The zero-order chi connectivity index (χ0) is 6.85. The lowest BCUT2D eigenvalue weighted by atomic mass is 10.5. The summed E-state index contributed by atoms with van der Waals surface area (Å²) in [5.74, 6) is 0. The van der Waals surface area contributed by atoms with Gasteiger partial charge in [-0.2, -0.15) is 5.26 Å². The van der Waals surface area contributed by atoms with Crippen molar-refractivity contribution < 1.29 is 0 Å². The van der Waals surface area contributed by atoms with Gasteiger partial charge >= 0.3 is 0 Å². The second-order valence-corrected chi connectivity index (χ2v) is 2.94. The molecule has 0 aliphatic rings. The topological polar surface area (TPSA) is 39.6 Å². The Hall–Kier alpha value is -0.210. The Kier molecular flexibility index (Phi) is 1.98. The fourth-order valence-corrected chi connectivity index (χ4v) is 1.07. The van der Waals surface area contributed by atoms with Gasteiger partial charge in [0.1, 0.15) is 11.8 Å². The average Bonchev–Trinajstić information content (AvgIpc) is 2.13. The summed E-state index contributed by atoms with van der Waals surface area (Å²) >= 11 is 7.65. The first-order valence-electron chi connectivity index (χ1n) is 2.18. The van der Waals surface area contributed by atoms with Crippen LogP contribution < -0.4 is 0 Å². The Morgan fingerprint density at radius 2 is 2.44 bits per heavy atom. The molecule has 0 radical (unpaired) electrons. The van der Waals surface area contributed by atoms with Gasteiger partial charge in [-0.1, -0.05) is 11.6 Å². The van der Waals surface area contributed by atoms with Crippen molar-refractivity contribution >= 4 is 34.2 Å². The number of aromatic amines is 1. The van der Waals surface area contributed by atoms with Gasteiger partial charge in [-0.05, 0) is 28.7 Å². The van der Waals surface area contributed by atoms with Crippen LogP contribution in [-0.4, -0.2) is 4.98 Å². The van der Waals surface area contributed by atoms with Gasteiger partial charge in [0.25, 0.3) is 0 Å². The molecule has 1 N–H and O–H groups in total. The maximum atomic E-state index is 8.33. The summed E-state index contributed by atoms with van der Waals surface area (Å²) in [5, 5.41) is 8.94. The van der Waals surface area contributed by atoms with E-state index in [0.29, 0.717) is 10.7 Å². The maximum Gasteiger partial charge on any atom is 0.119 e. The first-order chi connectivity index (χ1) is 4.24. The van der Waals surface area contributed by atoms with Crippen LogP contribution in [0.5, 0.6) is 0 Å². The number of H-pyrrole nitrogens is 1. The fourth-order valence-electron chi connectivity index (χ4n) is 0.464. The molecule has 1 heterocycles. The molecule has 0 spiro atoms. The van der Waals surface area contributed by atoms with Crippen LogP contribution in [-0.2, 0) is 0 Å². The molecule has 0 aliphatic carbocycles. The molecule has 1 rings (SSSR count). The number of hydrogen-bond acceptors (Lipinski definition) is 1. The van der Waals surface area contributed by atoms with Crippen LogP contribution in [0.1, 0.15) is 5.69 Å². The summed E-state index contributed by atoms with van der Waals surface area (Å²) in [6, 6.07) is 3.54. The second kappa shape index (κ2) is 2.58. The van der Waals surface area contributed by atoms with Crippen molar-refractivity contribution in [3.8, 4) is 6.07 Å². The monoisotopic (exact) mass is 252 g/mol. The molecule has 9 heavy (non-hydrogen) atoms. The molecular weight excluding hydrogens is 250 g/mol. The van der Waals surface area contributed by atoms with Gasteiger partial charge in [0.15, 0.2) is 0 Å². The van der Waals surface area contributed by atoms with E-state index in [1.807, 2.05) is 28.7 Å². The van der Waals surface area contributed by atoms with E-state index in [-0.39, 0.29) is 0 Å². The molecule has 0 bridgehead atoms. The number of rotatable bonds is 0. The summed E-state index contributed by atoms with van der Waals surface area (Å²) in [5.41, 5.74) is 0.504. The maximum absolute atomic E-state index is 8.33. The van der Waals surface area contributed by atoms with Crippen molar-refractivity contribution in [2.24, 2.45) is 0 Å². The minimum atomic E-state index is 0.504. The molecule has 0 saturated heterocycles. The fraction of sp³-hybridized carbons (Fsp3) is 0. The molecule has 0 unspecified atom stereocenters. The number of halogens is 2. The Morgan fingerprint density at radius 3 is 2.67 bits per heavy atom. The highest BCUT2D eigenvalue weighted by Crippen LogP contribution is 2.17. The Morgan fingerprint density at radius 1 is 1.78 bits per heavy atom. The average molecular weight is 252 g/mol. The summed E-state index contributed by atoms with van der Waals surface area (Å²) in [6.45, 7) is 0. The number of nitriles is 1. The van der Waals surface area contributed by atoms with Gasteiger partial charge in [-0.3, -0.25) is 0 Å². The molecule has 2 nitrogen and oxygen atoms in total. The zero-order valence-electron chi connectivity index (χ0n) is 4.28. The normalized spacial score (nSPS) is 9.00. The molecule has 0 amide bonds. The summed E-state index contributed by atoms with van der Waals surface area (Å²) in [4.78, 5) is 2.79. The molecule has 0 aliphatic heterocycles. The standard InChI is InChI=1S/C5H2ClIN2/c6-4-1-3(2-8)9-5(4)7/h1,9H. The predicted molar refractivity (Wildman–Crippen MR) is 43.2 cm³/mol. The molecule has 0 atom stereocenters. The van der Waals surface area contributed by atoms with E-state index in [9.17, 15) is 0 Å². The van der Waals surface area contributed by atoms with Crippen molar-refractivity contribution in [1.82, 2.24) is 4.98 Å². The number of nitrogens with one attached hydrogen (secondary N) is 1. The van der Waals surface area contributed by atoms with Gasteiger partial charge in [-0.15, -0.1) is 0 Å². The summed E-state index contributed by atoms with van der Waals surface area (Å²) < 4.78 is 0.811. The number of nitrogens with zero attached hydrogens (tertiary/aromatic N) is 1. The van der Waals surface area contributed by atoms with Crippen LogP contribution >= 0.6 is 34.2 Å². The minimum absolute atomic E-state index is 0.504. The van der Waals surface area contributed by atoms with E-state index in [0.717, 1.165) is 3.70 Å². The molecule has 0 saturated carbocycles. The molecule has 1 aromatic rings. The molecular formula is C5H2ClIN2. The predicted octanol–water partition coefficient (Wildman–Crippen LogP) is 2.14. The van der Waals surface area contributed by atoms with Crippen molar-refractivity contribution in [2.75, 3.05) is 0 Å². The summed E-state index contributed by atoms with van der Waals surface area (Å²) in [7, 11) is 0. The highest BCUT2D eigenvalue weighted by atomic mass is 127. The van der Waals surface area contributed by atoms with E-state index in [1.165, 1.54) is 0 Å². The molecule has 1 aromatic heterocycles. The van der Waals surface area contributed by atoms with Crippen molar-refractivity contribution in [3.63, 3.8) is 0 Å². The Balaban J connectivity index is 3.16. The van der Waals surface area contributed by atoms with Crippen LogP contribution in [0, 0.1) is 15.0 Å². The lowest BCUT2D eigenvalue weighted by molar-refractivity contribution is 1.29. The molecule has 0 fully saturated rings. The zero-order valence-corrected chi connectivity index (χ0v) is 7.19. The third-order valence-corrected chi connectivity index (χ3v) is 2.31. The van der Waals surface area contributed by atoms with Crippen LogP contribution in [0.15, 0.2) is 6.07 Å². The smallest absolute Gasteiger partial charge is 0.119 e. The number of hydrogen-bond donors (Lipinski definition) is 1. The summed E-state index contributed by atoms with van der Waals surface area (Å²) in [6.07, 6.45) is 0. The van der Waals surface area contributed by atoms with E-state index < -0.39 is 0 Å². The van der Waals surface area contributed by atoms with Gasteiger partial charge in [-0.25, -0.2) is 0 Å². The lowest BCUT2D eigenvalue weighted by Crippen LogP contribution is -1.70. The van der Waals surface area contributed by atoms with Gasteiger partial charge < -0.3 is 4.98 Å². The van der Waals surface area contributed by atoms with Crippen LogP contribution in [0.3, 0.4) is 0 Å². The molecule has 4 heteroatoms. The van der Waals surface area contributed by atoms with Gasteiger partial charge in [0, 0.05) is 0 Å². The highest BCUT2D eigenvalue weighted by molar-refractivity contribution is 14.1. The van der Waals surface area contributed by atoms with Crippen molar-refractivity contribution in [1.29, 1.82) is 5.26 Å². The molecule has 46 valence electrons. The first-order valence-corrected chi connectivity index (χ1v) is 3.64. The quantitative estimate of drug-likeness (QED) is 0.706. The Labute approximate surface area is 71.0 Å². The Bertz CT molecular complexity index is 241. The second-order valence-electron chi connectivity index (χ2n) is 1.46. The number of aromatic nitrogens is 1. The third kappa shape index (κ3) is 1.37. The van der Waals surface area contributed by atoms with E-state index >= 15 is 0 Å². The highest BCUT2D eigenvalue weighted by Gasteiger charge is 1.99. The third-order valence-electron chi connectivity index (χ3n) is 0.846.